The second-order valence-electron chi connectivity index (χ2n) is 3.70. The molecular formula is C11H9FO4. The number of ether oxygens (including phenoxy) is 1. The first-order valence-electron chi connectivity index (χ1n) is 4.76. The zero-order valence-corrected chi connectivity index (χ0v) is 8.27. The summed E-state index contributed by atoms with van der Waals surface area (Å²) in [6.07, 6.45) is 0.657. The van der Waals surface area contributed by atoms with Crippen LogP contribution in [0.2, 0.25) is 0 Å². The lowest BCUT2D eigenvalue weighted by Gasteiger charge is -2.11. The Labute approximate surface area is 90.6 Å². The first-order chi connectivity index (χ1) is 7.53. The molecule has 1 aromatic carbocycles. The van der Waals surface area contributed by atoms with Gasteiger partial charge in [0.2, 0.25) is 5.60 Å². The highest BCUT2D eigenvalue weighted by molar-refractivity contribution is 5.93. The van der Waals surface area contributed by atoms with Gasteiger partial charge in [-0.1, -0.05) is 0 Å². The molecule has 0 heterocycles. The fraction of sp³-hybridized carbons (Fsp3) is 0.273. The maximum Gasteiger partial charge on any atom is 0.348 e. The number of esters is 1. The molecule has 0 aromatic heterocycles. The Bertz CT molecular complexity index is 434. The van der Waals surface area contributed by atoms with Gasteiger partial charge in [0.15, 0.2) is 0 Å². The van der Waals surface area contributed by atoms with Gasteiger partial charge in [-0.25, -0.2) is 14.0 Å². The fourth-order valence-electron chi connectivity index (χ4n) is 1.30. The highest BCUT2D eigenvalue weighted by Crippen LogP contribution is 2.40. The van der Waals surface area contributed by atoms with Crippen LogP contribution >= 0.6 is 0 Å². The SMILES string of the molecule is O=C(OC1(C(=O)O)CC1)c1ccc(F)cc1. The number of carbonyl (C=O) groups excluding carboxylic acids is 1. The summed E-state index contributed by atoms with van der Waals surface area (Å²) in [5, 5.41) is 8.81. The Morgan fingerprint density at radius 3 is 2.25 bits per heavy atom. The number of carbonyl (C=O) groups is 2. The van der Waals surface area contributed by atoms with Gasteiger partial charge in [0.1, 0.15) is 5.82 Å². The normalized spacial score (nSPS) is 16.6. The molecule has 16 heavy (non-hydrogen) atoms. The molecule has 0 aliphatic heterocycles. The van der Waals surface area contributed by atoms with E-state index in [1.165, 1.54) is 12.1 Å². The summed E-state index contributed by atoms with van der Waals surface area (Å²) >= 11 is 0. The number of carboxylic acid groups (broad SMARTS) is 1. The summed E-state index contributed by atoms with van der Waals surface area (Å²) in [6.45, 7) is 0. The third-order valence-electron chi connectivity index (χ3n) is 2.46. The highest BCUT2D eigenvalue weighted by Gasteiger charge is 2.54. The first-order valence-corrected chi connectivity index (χ1v) is 4.76. The number of hydrogen-bond donors (Lipinski definition) is 1. The summed E-state index contributed by atoms with van der Waals surface area (Å²) < 4.78 is 17.5. The molecule has 5 heteroatoms. The van der Waals surface area contributed by atoms with Crippen molar-refractivity contribution < 1.29 is 23.8 Å². The summed E-state index contributed by atoms with van der Waals surface area (Å²) in [7, 11) is 0. The maximum atomic E-state index is 12.6. The Morgan fingerprint density at radius 1 is 1.25 bits per heavy atom. The van der Waals surface area contributed by atoms with Crippen LogP contribution in [0.25, 0.3) is 0 Å². The molecule has 1 aliphatic rings. The Kier molecular flexibility index (Phi) is 2.38. The van der Waals surface area contributed by atoms with Gasteiger partial charge in [0.25, 0.3) is 0 Å². The predicted octanol–water partition coefficient (Wildman–Crippen LogP) is 1.60. The topological polar surface area (TPSA) is 63.6 Å². The second-order valence-corrected chi connectivity index (χ2v) is 3.70. The van der Waals surface area contributed by atoms with E-state index in [0.29, 0.717) is 12.8 Å². The minimum absolute atomic E-state index is 0.147. The van der Waals surface area contributed by atoms with Crippen molar-refractivity contribution in [3.63, 3.8) is 0 Å². The molecule has 0 radical (unpaired) electrons. The van der Waals surface area contributed by atoms with E-state index in [-0.39, 0.29) is 5.56 Å². The molecular weight excluding hydrogens is 215 g/mol. The molecule has 0 saturated heterocycles. The smallest absolute Gasteiger partial charge is 0.348 e. The van der Waals surface area contributed by atoms with Crippen LogP contribution < -0.4 is 0 Å². The Balaban J connectivity index is 2.09. The van der Waals surface area contributed by atoms with Crippen LogP contribution in [0, 0.1) is 5.82 Å². The van der Waals surface area contributed by atoms with Crippen LogP contribution in [0.5, 0.6) is 0 Å². The van der Waals surface area contributed by atoms with E-state index in [2.05, 4.69) is 0 Å². The highest BCUT2D eigenvalue weighted by atomic mass is 19.1. The number of aliphatic carboxylic acids is 1. The second kappa shape index (κ2) is 3.59. The molecule has 0 amide bonds. The predicted molar refractivity (Wildman–Crippen MR) is 51.4 cm³/mol. The lowest BCUT2D eigenvalue weighted by atomic mass is 10.2. The standard InChI is InChI=1S/C11H9FO4/c12-8-3-1-7(2-4-8)9(13)16-11(5-6-11)10(14)15/h1-4H,5-6H2,(H,14,15). The minimum Gasteiger partial charge on any atom is -0.478 e. The van der Waals surface area contributed by atoms with Crippen molar-refractivity contribution in [2.45, 2.75) is 18.4 Å². The van der Waals surface area contributed by atoms with Crippen LogP contribution in [0.1, 0.15) is 23.2 Å². The summed E-state index contributed by atoms with van der Waals surface area (Å²) in [4.78, 5) is 22.3. The van der Waals surface area contributed by atoms with E-state index in [1.807, 2.05) is 0 Å². The van der Waals surface area contributed by atoms with Crippen LogP contribution in [0.15, 0.2) is 24.3 Å². The van der Waals surface area contributed by atoms with Gasteiger partial charge in [-0.05, 0) is 24.3 Å². The van der Waals surface area contributed by atoms with Gasteiger partial charge >= 0.3 is 11.9 Å². The first kappa shape index (κ1) is 10.6. The molecule has 84 valence electrons. The molecule has 0 atom stereocenters. The zero-order valence-electron chi connectivity index (χ0n) is 8.27. The molecule has 1 aliphatic carbocycles. The maximum absolute atomic E-state index is 12.6. The van der Waals surface area contributed by atoms with Crippen molar-refractivity contribution in [3.8, 4) is 0 Å². The molecule has 1 fully saturated rings. The van der Waals surface area contributed by atoms with Gasteiger partial charge in [0, 0.05) is 12.8 Å². The quantitative estimate of drug-likeness (QED) is 0.792. The van der Waals surface area contributed by atoms with E-state index in [1.54, 1.807) is 0 Å². The van der Waals surface area contributed by atoms with Gasteiger partial charge in [0.05, 0.1) is 5.56 Å². The van der Waals surface area contributed by atoms with Crippen molar-refractivity contribution in [1.82, 2.24) is 0 Å². The van der Waals surface area contributed by atoms with Gasteiger partial charge in [-0.3, -0.25) is 0 Å². The summed E-state index contributed by atoms with van der Waals surface area (Å²) in [5.41, 5.74) is -1.21. The molecule has 2 rings (SSSR count). The van der Waals surface area contributed by atoms with Gasteiger partial charge < -0.3 is 9.84 Å². The average molecular weight is 224 g/mol. The van der Waals surface area contributed by atoms with Crippen LogP contribution in [0.4, 0.5) is 4.39 Å². The van der Waals surface area contributed by atoms with Crippen molar-refractivity contribution in [3.05, 3.63) is 35.6 Å². The number of rotatable bonds is 3. The molecule has 1 N–H and O–H groups in total. The third kappa shape index (κ3) is 1.88. The van der Waals surface area contributed by atoms with Crippen molar-refractivity contribution in [2.24, 2.45) is 0 Å². The molecule has 0 bridgehead atoms. The molecule has 0 unspecified atom stereocenters. The van der Waals surface area contributed by atoms with Crippen molar-refractivity contribution in [2.75, 3.05) is 0 Å². The van der Waals surface area contributed by atoms with E-state index in [0.717, 1.165) is 12.1 Å². The fourth-order valence-corrected chi connectivity index (χ4v) is 1.30. The summed E-state index contributed by atoms with van der Waals surface area (Å²) in [5.74, 6) is -2.33. The number of carboxylic acids is 1. The zero-order chi connectivity index (χ0) is 11.8. The molecule has 4 nitrogen and oxygen atoms in total. The number of hydrogen-bond acceptors (Lipinski definition) is 3. The molecule has 1 aromatic rings. The third-order valence-corrected chi connectivity index (χ3v) is 2.46. The number of halogens is 1. The lowest BCUT2D eigenvalue weighted by molar-refractivity contribution is -0.149. The van der Waals surface area contributed by atoms with Gasteiger partial charge in [-0.15, -0.1) is 0 Å². The average Bonchev–Trinajstić information content (AvgIpc) is 3.00. The van der Waals surface area contributed by atoms with Crippen molar-refractivity contribution >= 4 is 11.9 Å². The van der Waals surface area contributed by atoms with Crippen LogP contribution in [-0.4, -0.2) is 22.6 Å². The van der Waals surface area contributed by atoms with Gasteiger partial charge in [-0.2, -0.15) is 0 Å². The van der Waals surface area contributed by atoms with E-state index in [4.69, 9.17) is 9.84 Å². The summed E-state index contributed by atoms with van der Waals surface area (Å²) in [6, 6.07) is 4.76. The minimum atomic E-state index is -1.36. The van der Waals surface area contributed by atoms with Crippen LogP contribution in [0.3, 0.4) is 0 Å². The van der Waals surface area contributed by atoms with Crippen molar-refractivity contribution in [1.29, 1.82) is 0 Å². The molecule has 0 spiro atoms. The largest absolute Gasteiger partial charge is 0.478 e. The lowest BCUT2D eigenvalue weighted by Crippen LogP contribution is -2.28. The van der Waals surface area contributed by atoms with E-state index in [9.17, 15) is 14.0 Å². The Morgan fingerprint density at radius 2 is 1.81 bits per heavy atom. The number of benzene rings is 1. The van der Waals surface area contributed by atoms with E-state index >= 15 is 0 Å². The van der Waals surface area contributed by atoms with Crippen LogP contribution in [-0.2, 0) is 9.53 Å². The monoisotopic (exact) mass is 224 g/mol. The molecule has 1 saturated carbocycles. The Hall–Kier alpha value is -1.91. The van der Waals surface area contributed by atoms with E-state index < -0.39 is 23.4 Å².